The van der Waals surface area contributed by atoms with Crippen molar-refractivity contribution < 1.29 is 13.6 Å². The standard InChI is InChI=1S/C12H13F2NOS/c13-10-2-1-9(11(14)4-10)6-15-5-8(7-17)3-12(15)16/h1-2,4,8,17H,3,5-7H2. The van der Waals surface area contributed by atoms with Crippen molar-refractivity contribution in [3.8, 4) is 0 Å². The Morgan fingerprint density at radius 3 is 2.76 bits per heavy atom. The first-order chi connectivity index (χ1) is 8.10. The molecule has 0 aromatic heterocycles. The Bertz CT molecular complexity index is 439. The number of hydrogen-bond acceptors (Lipinski definition) is 2. The van der Waals surface area contributed by atoms with E-state index in [0.29, 0.717) is 24.3 Å². The Morgan fingerprint density at radius 1 is 1.41 bits per heavy atom. The third-order valence-electron chi connectivity index (χ3n) is 2.93. The summed E-state index contributed by atoms with van der Waals surface area (Å²) in [4.78, 5) is 13.2. The van der Waals surface area contributed by atoms with Crippen LogP contribution in [0.4, 0.5) is 8.78 Å². The molecule has 1 fully saturated rings. The summed E-state index contributed by atoms with van der Waals surface area (Å²) in [6.45, 7) is 0.800. The van der Waals surface area contributed by atoms with E-state index in [-0.39, 0.29) is 18.4 Å². The van der Waals surface area contributed by atoms with Crippen molar-refractivity contribution in [2.75, 3.05) is 12.3 Å². The van der Waals surface area contributed by atoms with Gasteiger partial charge >= 0.3 is 0 Å². The molecule has 1 aliphatic rings. The van der Waals surface area contributed by atoms with Crippen LogP contribution in [0.1, 0.15) is 12.0 Å². The highest BCUT2D eigenvalue weighted by molar-refractivity contribution is 7.80. The summed E-state index contributed by atoms with van der Waals surface area (Å²) in [5, 5.41) is 0. The molecule has 1 aromatic carbocycles. The first-order valence-corrected chi connectivity index (χ1v) is 6.06. The van der Waals surface area contributed by atoms with Gasteiger partial charge < -0.3 is 4.90 Å². The second kappa shape index (κ2) is 5.04. The number of thiol groups is 1. The third kappa shape index (κ3) is 2.77. The highest BCUT2D eigenvalue weighted by Crippen LogP contribution is 2.22. The molecule has 17 heavy (non-hydrogen) atoms. The van der Waals surface area contributed by atoms with Crippen molar-refractivity contribution in [2.45, 2.75) is 13.0 Å². The minimum Gasteiger partial charge on any atom is -0.338 e. The fourth-order valence-corrected chi connectivity index (χ4v) is 2.23. The largest absolute Gasteiger partial charge is 0.338 e. The average molecular weight is 257 g/mol. The van der Waals surface area contributed by atoms with Gasteiger partial charge in [0.15, 0.2) is 0 Å². The molecule has 1 atom stereocenters. The van der Waals surface area contributed by atoms with Crippen LogP contribution in [0, 0.1) is 17.6 Å². The first-order valence-electron chi connectivity index (χ1n) is 5.42. The predicted octanol–water partition coefficient (Wildman–Crippen LogP) is 2.24. The summed E-state index contributed by atoms with van der Waals surface area (Å²) in [6.07, 6.45) is 0.465. The Hall–Kier alpha value is -1.10. The van der Waals surface area contributed by atoms with E-state index in [4.69, 9.17) is 0 Å². The first kappa shape index (κ1) is 12.4. The molecule has 1 heterocycles. The van der Waals surface area contributed by atoms with Crippen LogP contribution in [0.25, 0.3) is 0 Å². The molecular weight excluding hydrogens is 244 g/mol. The topological polar surface area (TPSA) is 20.3 Å². The van der Waals surface area contributed by atoms with Crippen molar-refractivity contribution in [1.82, 2.24) is 4.90 Å². The number of nitrogens with zero attached hydrogens (tertiary/aromatic N) is 1. The number of benzene rings is 1. The number of halogens is 2. The Balaban J connectivity index is 2.08. The Morgan fingerprint density at radius 2 is 2.18 bits per heavy atom. The van der Waals surface area contributed by atoms with Crippen molar-refractivity contribution in [3.05, 3.63) is 35.4 Å². The van der Waals surface area contributed by atoms with Crippen LogP contribution in [0.5, 0.6) is 0 Å². The summed E-state index contributed by atoms with van der Waals surface area (Å²) < 4.78 is 26.1. The SMILES string of the molecule is O=C1CC(CS)CN1Cc1ccc(F)cc1F. The zero-order chi connectivity index (χ0) is 12.4. The lowest BCUT2D eigenvalue weighted by atomic mass is 10.1. The Labute approximate surface area is 104 Å². The number of amides is 1. The van der Waals surface area contributed by atoms with Gasteiger partial charge in [-0.1, -0.05) is 6.07 Å². The average Bonchev–Trinajstić information content (AvgIpc) is 2.64. The van der Waals surface area contributed by atoms with Gasteiger partial charge in [0.05, 0.1) is 0 Å². The maximum absolute atomic E-state index is 13.4. The molecule has 1 amide bonds. The van der Waals surface area contributed by atoms with Crippen LogP contribution < -0.4 is 0 Å². The van der Waals surface area contributed by atoms with Crippen molar-refractivity contribution in [3.63, 3.8) is 0 Å². The molecule has 1 aromatic rings. The van der Waals surface area contributed by atoms with E-state index >= 15 is 0 Å². The molecule has 0 spiro atoms. The molecule has 1 saturated heterocycles. The van der Waals surface area contributed by atoms with Crippen LogP contribution in [0.15, 0.2) is 18.2 Å². The second-order valence-electron chi connectivity index (χ2n) is 4.26. The smallest absolute Gasteiger partial charge is 0.223 e. The van der Waals surface area contributed by atoms with E-state index in [9.17, 15) is 13.6 Å². The molecule has 2 nitrogen and oxygen atoms in total. The monoisotopic (exact) mass is 257 g/mol. The van der Waals surface area contributed by atoms with Gasteiger partial charge in [-0.2, -0.15) is 12.6 Å². The van der Waals surface area contributed by atoms with Crippen molar-refractivity contribution in [1.29, 1.82) is 0 Å². The van der Waals surface area contributed by atoms with Crippen LogP contribution in [-0.4, -0.2) is 23.1 Å². The van der Waals surface area contributed by atoms with Gasteiger partial charge in [-0.3, -0.25) is 4.79 Å². The molecule has 92 valence electrons. The normalized spacial score (nSPS) is 20.1. The molecule has 0 bridgehead atoms. The molecule has 1 unspecified atom stereocenters. The van der Waals surface area contributed by atoms with Gasteiger partial charge in [-0.05, 0) is 17.7 Å². The lowest BCUT2D eigenvalue weighted by Gasteiger charge is -2.16. The summed E-state index contributed by atoms with van der Waals surface area (Å²) >= 11 is 4.15. The van der Waals surface area contributed by atoms with E-state index in [2.05, 4.69) is 12.6 Å². The van der Waals surface area contributed by atoms with E-state index in [1.165, 1.54) is 12.1 Å². The minimum absolute atomic E-state index is 0.00720. The lowest BCUT2D eigenvalue weighted by Crippen LogP contribution is -2.25. The number of carbonyl (C=O) groups excluding carboxylic acids is 1. The summed E-state index contributed by atoms with van der Waals surface area (Å²) in [6, 6.07) is 3.42. The van der Waals surface area contributed by atoms with E-state index in [1.807, 2.05) is 0 Å². The van der Waals surface area contributed by atoms with Gasteiger partial charge in [-0.15, -0.1) is 0 Å². The predicted molar refractivity (Wildman–Crippen MR) is 63.7 cm³/mol. The molecule has 0 aliphatic carbocycles. The molecule has 2 rings (SSSR count). The lowest BCUT2D eigenvalue weighted by molar-refractivity contribution is -0.128. The van der Waals surface area contributed by atoms with Crippen molar-refractivity contribution in [2.24, 2.45) is 5.92 Å². The summed E-state index contributed by atoms with van der Waals surface area (Å²) in [7, 11) is 0. The zero-order valence-corrected chi connectivity index (χ0v) is 10.1. The van der Waals surface area contributed by atoms with Gasteiger partial charge in [0, 0.05) is 31.1 Å². The molecule has 0 radical (unpaired) electrons. The highest BCUT2D eigenvalue weighted by Gasteiger charge is 2.28. The maximum atomic E-state index is 13.4. The van der Waals surface area contributed by atoms with Gasteiger partial charge in [0.1, 0.15) is 11.6 Å². The quantitative estimate of drug-likeness (QED) is 0.823. The third-order valence-corrected chi connectivity index (χ3v) is 3.45. The molecule has 5 heteroatoms. The van der Waals surface area contributed by atoms with Crippen LogP contribution in [0.3, 0.4) is 0 Å². The van der Waals surface area contributed by atoms with Crippen LogP contribution in [0.2, 0.25) is 0 Å². The molecule has 0 saturated carbocycles. The molecule has 1 aliphatic heterocycles. The van der Waals surface area contributed by atoms with E-state index < -0.39 is 11.6 Å². The molecular formula is C12H13F2NOS. The minimum atomic E-state index is -0.605. The van der Waals surface area contributed by atoms with E-state index in [0.717, 1.165) is 6.07 Å². The maximum Gasteiger partial charge on any atom is 0.223 e. The van der Waals surface area contributed by atoms with Crippen LogP contribution in [-0.2, 0) is 11.3 Å². The molecule has 0 N–H and O–H groups in total. The van der Waals surface area contributed by atoms with Gasteiger partial charge in [0.25, 0.3) is 0 Å². The Kier molecular flexibility index (Phi) is 3.66. The number of likely N-dealkylation sites (tertiary alicyclic amines) is 1. The number of hydrogen-bond donors (Lipinski definition) is 1. The van der Waals surface area contributed by atoms with E-state index in [1.54, 1.807) is 4.90 Å². The zero-order valence-electron chi connectivity index (χ0n) is 9.20. The number of carbonyl (C=O) groups is 1. The number of rotatable bonds is 3. The fourth-order valence-electron chi connectivity index (χ4n) is 1.98. The summed E-state index contributed by atoms with van der Waals surface area (Å²) in [5.41, 5.74) is 0.347. The summed E-state index contributed by atoms with van der Waals surface area (Å²) in [5.74, 6) is -0.324. The fraction of sp³-hybridized carbons (Fsp3) is 0.417. The highest BCUT2D eigenvalue weighted by atomic mass is 32.1. The van der Waals surface area contributed by atoms with Gasteiger partial charge in [-0.25, -0.2) is 8.78 Å². The van der Waals surface area contributed by atoms with Gasteiger partial charge in [0.2, 0.25) is 5.91 Å². The van der Waals surface area contributed by atoms with Crippen molar-refractivity contribution >= 4 is 18.5 Å². The second-order valence-corrected chi connectivity index (χ2v) is 4.63. The van der Waals surface area contributed by atoms with Crippen LogP contribution >= 0.6 is 12.6 Å².